The molecule has 1 N–H and O–H groups in total. The smallest absolute Gasteiger partial charge is 0.328 e. The first-order chi connectivity index (χ1) is 8.13. The number of carboxylic acids is 1. The minimum atomic E-state index is -0.958. The quantitative estimate of drug-likeness (QED) is 0.787. The Morgan fingerprint density at radius 3 is 2.65 bits per heavy atom. The first-order valence-electron chi connectivity index (χ1n) is 5.22. The van der Waals surface area contributed by atoms with Crippen LogP contribution in [0.3, 0.4) is 0 Å². The zero-order valence-corrected chi connectivity index (χ0v) is 9.63. The summed E-state index contributed by atoms with van der Waals surface area (Å²) in [4.78, 5) is 12.3. The number of hydrogen-bond acceptors (Lipinski definition) is 3. The summed E-state index contributed by atoms with van der Waals surface area (Å²) in [6.45, 7) is 0.681. The van der Waals surface area contributed by atoms with Crippen LogP contribution in [0.1, 0.15) is 12.0 Å². The zero-order valence-electron chi connectivity index (χ0n) is 9.63. The largest absolute Gasteiger partial charge is 0.478 e. The molecule has 0 saturated carbocycles. The number of nitriles is 1. The van der Waals surface area contributed by atoms with Gasteiger partial charge in [0.2, 0.25) is 0 Å². The topological polar surface area (TPSA) is 64.3 Å². The van der Waals surface area contributed by atoms with Gasteiger partial charge in [0.1, 0.15) is 0 Å². The maximum atomic E-state index is 10.3. The van der Waals surface area contributed by atoms with Gasteiger partial charge in [0.15, 0.2) is 0 Å². The van der Waals surface area contributed by atoms with Gasteiger partial charge in [-0.25, -0.2) is 4.79 Å². The van der Waals surface area contributed by atoms with Crippen LogP contribution in [0.4, 0.5) is 5.69 Å². The highest BCUT2D eigenvalue weighted by Crippen LogP contribution is 2.14. The van der Waals surface area contributed by atoms with Gasteiger partial charge in [-0.3, -0.25) is 0 Å². The summed E-state index contributed by atoms with van der Waals surface area (Å²) < 4.78 is 0. The second-order valence-electron chi connectivity index (χ2n) is 3.59. The van der Waals surface area contributed by atoms with Gasteiger partial charge in [-0.1, -0.05) is 12.1 Å². The third-order valence-electron chi connectivity index (χ3n) is 2.31. The van der Waals surface area contributed by atoms with Crippen molar-refractivity contribution >= 4 is 17.7 Å². The van der Waals surface area contributed by atoms with Gasteiger partial charge in [0.25, 0.3) is 0 Å². The van der Waals surface area contributed by atoms with E-state index in [0.29, 0.717) is 13.0 Å². The molecule has 1 rings (SSSR count). The van der Waals surface area contributed by atoms with Crippen LogP contribution in [-0.2, 0) is 4.79 Å². The van der Waals surface area contributed by atoms with Crippen molar-refractivity contribution in [3.8, 4) is 6.07 Å². The summed E-state index contributed by atoms with van der Waals surface area (Å²) in [7, 11) is 1.92. The molecule has 0 aliphatic heterocycles. The Kier molecular flexibility index (Phi) is 4.77. The third-order valence-corrected chi connectivity index (χ3v) is 2.31. The Labute approximate surface area is 100 Å². The SMILES string of the molecule is CN(CCC#N)c1ccc(/C=C/C(=O)O)cc1. The Balaban J connectivity index is 2.68. The van der Waals surface area contributed by atoms with Crippen molar-refractivity contribution in [3.05, 3.63) is 35.9 Å². The number of aliphatic carboxylic acids is 1. The van der Waals surface area contributed by atoms with Crippen molar-refractivity contribution in [1.82, 2.24) is 0 Å². The van der Waals surface area contributed by atoms with Gasteiger partial charge < -0.3 is 10.0 Å². The highest BCUT2D eigenvalue weighted by Gasteiger charge is 1.99. The fourth-order valence-electron chi connectivity index (χ4n) is 1.35. The standard InChI is InChI=1S/C13H14N2O2/c1-15(10-2-9-14)12-6-3-11(4-7-12)5-8-13(16)17/h3-8H,2,10H2,1H3,(H,16,17)/b8-5+. The van der Waals surface area contributed by atoms with Gasteiger partial charge >= 0.3 is 5.97 Å². The van der Waals surface area contributed by atoms with Crippen molar-refractivity contribution < 1.29 is 9.90 Å². The van der Waals surface area contributed by atoms with E-state index in [1.165, 1.54) is 0 Å². The molecule has 4 nitrogen and oxygen atoms in total. The maximum Gasteiger partial charge on any atom is 0.328 e. The molecule has 0 amide bonds. The lowest BCUT2D eigenvalue weighted by Crippen LogP contribution is -2.17. The van der Waals surface area contributed by atoms with Crippen LogP contribution < -0.4 is 4.90 Å². The van der Waals surface area contributed by atoms with Crippen molar-refractivity contribution in [2.75, 3.05) is 18.5 Å². The molecule has 1 aromatic carbocycles. The molecule has 0 unspecified atom stereocenters. The first-order valence-corrected chi connectivity index (χ1v) is 5.22. The van der Waals surface area contributed by atoms with Gasteiger partial charge in [-0.15, -0.1) is 0 Å². The monoisotopic (exact) mass is 230 g/mol. The summed E-state index contributed by atoms with van der Waals surface area (Å²) in [5.41, 5.74) is 1.84. The Bertz CT molecular complexity index is 443. The lowest BCUT2D eigenvalue weighted by molar-refractivity contribution is -0.131. The Morgan fingerprint density at radius 1 is 1.47 bits per heavy atom. The van der Waals surface area contributed by atoms with E-state index in [9.17, 15) is 4.79 Å². The number of carbonyl (C=O) groups is 1. The van der Waals surface area contributed by atoms with E-state index in [-0.39, 0.29) is 0 Å². The Morgan fingerprint density at radius 2 is 2.12 bits per heavy atom. The molecule has 0 saturated heterocycles. The minimum absolute atomic E-state index is 0.483. The first kappa shape index (κ1) is 12.8. The second-order valence-corrected chi connectivity index (χ2v) is 3.59. The molecule has 4 heteroatoms. The van der Waals surface area contributed by atoms with E-state index < -0.39 is 5.97 Å². The second kappa shape index (κ2) is 6.33. The van der Waals surface area contributed by atoms with Crippen molar-refractivity contribution in [3.63, 3.8) is 0 Å². The molecule has 0 heterocycles. The summed E-state index contributed by atoms with van der Waals surface area (Å²) in [6.07, 6.45) is 3.13. The highest BCUT2D eigenvalue weighted by molar-refractivity contribution is 5.85. The highest BCUT2D eigenvalue weighted by atomic mass is 16.4. The molecule has 0 fully saturated rings. The molecule has 0 spiro atoms. The molecule has 0 bridgehead atoms. The van der Waals surface area contributed by atoms with E-state index >= 15 is 0 Å². The number of rotatable bonds is 5. The summed E-state index contributed by atoms with van der Waals surface area (Å²) in [6, 6.07) is 9.59. The minimum Gasteiger partial charge on any atom is -0.478 e. The zero-order chi connectivity index (χ0) is 12.7. The predicted molar refractivity (Wildman–Crippen MR) is 66.6 cm³/mol. The van der Waals surface area contributed by atoms with E-state index in [4.69, 9.17) is 10.4 Å². The molecule has 0 aliphatic carbocycles. The van der Waals surface area contributed by atoms with Crippen LogP contribution in [0, 0.1) is 11.3 Å². The molecule has 88 valence electrons. The van der Waals surface area contributed by atoms with Crippen LogP contribution in [0.25, 0.3) is 6.08 Å². The number of anilines is 1. The number of carboxylic acid groups (broad SMARTS) is 1. The molecule has 1 aromatic rings. The van der Waals surface area contributed by atoms with Crippen molar-refractivity contribution in [2.24, 2.45) is 0 Å². The molecule has 0 atom stereocenters. The molecular weight excluding hydrogens is 216 g/mol. The number of nitrogens with zero attached hydrogens (tertiary/aromatic N) is 2. The lowest BCUT2D eigenvalue weighted by atomic mass is 10.2. The van der Waals surface area contributed by atoms with E-state index in [2.05, 4.69) is 6.07 Å². The molecule has 0 radical (unpaired) electrons. The van der Waals surface area contributed by atoms with Crippen molar-refractivity contribution in [1.29, 1.82) is 5.26 Å². The maximum absolute atomic E-state index is 10.3. The van der Waals surface area contributed by atoms with Crippen LogP contribution in [0.15, 0.2) is 30.3 Å². The average molecular weight is 230 g/mol. The van der Waals surface area contributed by atoms with Crippen LogP contribution in [-0.4, -0.2) is 24.7 Å². The van der Waals surface area contributed by atoms with E-state index in [1.54, 1.807) is 6.08 Å². The summed E-state index contributed by atoms with van der Waals surface area (Å²) in [5.74, 6) is -0.958. The van der Waals surface area contributed by atoms with Gasteiger partial charge in [-0.2, -0.15) is 5.26 Å². The average Bonchev–Trinajstić information content (AvgIpc) is 2.34. The lowest BCUT2D eigenvalue weighted by Gasteiger charge is -2.17. The normalized spacial score (nSPS) is 10.1. The molecule has 17 heavy (non-hydrogen) atoms. The molecule has 0 aromatic heterocycles. The fourth-order valence-corrected chi connectivity index (χ4v) is 1.35. The predicted octanol–water partition coefficient (Wildman–Crippen LogP) is 2.13. The van der Waals surface area contributed by atoms with Gasteiger partial charge in [0, 0.05) is 25.4 Å². The summed E-state index contributed by atoms with van der Waals surface area (Å²) in [5, 5.41) is 17.0. The van der Waals surface area contributed by atoms with Gasteiger partial charge in [0.05, 0.1) is 12.5 Å². The molecule has 0 aliphatic rings. The van der Waals surface area contributed by atoms with E-state index in [1.807, 2.05) is 36.2 Å². The van der Waals surface area contributed by atoms with E-state index in [0.717, 1.165) is 17.3 Å². The third kappa shape index (κ3) is 4.39. The van der Waals surface area contributed by atoms with Crippen LogP contribution in [0.2, 0.25) is 0 Å². The van der Waals surface area contributed by atoms with Crippen LogP contribution >= 0.6 is 0 Å². The molecular formula is C13H14N2O2. The number of hydrogen-bond donors (Lipinski definition) is 1. The van der Waals surface area contributed by atoms with Gasteiger partial charge in [-0.05, 0) is 23.8 Å². The van der Waals surface area contributed by atoms with Crippen LogP contribution in [0.5, 0.6) is 0 Å². The van der Waals surface area contributed by atoms with Crippen molar-refractivity contribution in [2.45, 2.75) is 6.42 Å². The summed E-state index contributed by atoms with van der Waals surface area (Å²) >= 11 is 0. The Hall–Kier alpha value is -2.28. The number of benzene rings is 1. The fraction of sp³-hybridized carbons (Fsp3) is 0.231.